The maximum atomic E-state index is 12.1. The maximum Gasteiger partial charge on any atom is 0.232 e. The number of carbonyl (C=O) groups is 2. The summed E-state index contributed by atoms with van der Waals surface area (Å²) in [5.41, 5.74) is 10.8. The minimum Gasteiger partial charge on any atom is -0.393 e. The molecule has 0 bridgehead atoms. The van der Waals surface area contributed by atoms with E-state index in [1.54, 1.807) is 4.90 Å². The van der Waals surface area contributed by atoms with Crippen LogP contribution in [-0.2, 0) is 9.59 Å². The van der Waals surface area contributed by atoms with E-state index in [0.717, 1.165) is 0 Å². The number of nitrogens with zero attached hydrogens (tertiary/aromatic N) is 1. The smallest absolute Gasteiger partial charge is 0.232 e. The van der Waals surface area contributed by atoms with Gasteiger partial charge in [0.15, 0.2) is 0 Å². The Bertz CT molecular complexity index is 325. The highest BCUT2D eigenvalue weighted by Crippen LogP contribution is 2.19. The van der Waals surface area contributed by atoms with Crippen molar-refractivity contribution in [2.75, 3.05) is 13.1 Å². The Kier molecular flexibility index (Phi) is 4.86. The molecular formula is C11H19N3O2S. The molecule has 0 aromatic heterocycles. The van der Waals surface area contributed by atoms with E-state index in [-0.39, 0.29) is 28.6 Å². The molecule has 0 aromatic rings. The standard InChI is InChI=1S/C11H19N3O2S/c1-2-8(10(13)17)11(16)14-5-3-7(4-6-14)9(12)15/h7-8H,2-6H2,1H3,(H2,12,15)(H2,13,17). The van der Waals surface area contributed by atoms with Crippen molar-refractivity contribution in [1.82, 2.24) is 4.90 Å². The monoisotopic (exact) mass is 257 g/mol. The number of hydrogen-bond acceptors (Lipinski definition) is 3. The van der Waals surface area contributed by atoms with Crippen molar-refractivity contribution in [1.29, 1.82) is 0 Å². The van der Waals surface area contributed by atoms with Gasteiger partial charge in [-0.2, -0.15) is 0 Å². The Labute approximate surface area is 107 Å². The van der Waals surface area contributed by atoms with Crippen LogP contribution in [-0.4, -0.2) is 34.8 Å². The zero-order valence-corrected chi connectivity index (χ0v) is 10.8. The number of thiocarbonyl (C=S) groups is 1. The quantitative estimate of drug-likeness (QED) is 0.695. The van der Waals surface area contributed by atoms with Crippen LogP contribution in [0.3, 0.4) is 0 Å². The van der Waals surface area contributed by atoms with Gasteiger partial charge in [0.1, 0.15) is 0 Å². The zero-order valence-electron chi connectivity index (χ0n) is 10.0. The van der Waals surface area contributed by atoms with E-state index >= 15 is 0 Å². The fourth-order valence-electron chi connectivity index (χ4n) is 2.10. The predicted molar refractivity (Wildman–Crippen MR) is 69.1 cm³/mol. The van der Waals surface area contributed by atoms with Gasteiger partial charge in [-0.3, -0.25) is 9.59 Å². The third-order valence-electron chi connectivity index (χ3n) is 3.26. The van der Waals surface area contributed by atoms with E-state index in [4.69, 9.17) is 23.7 Å². The minimum atomic E-state index is -0.380. The van der Waals surface area contributed by atoms with Crippen LogP contribution in [0.25, 0.3) is 0 Å². The minimum absolute atomic E-state index is 0.0251. The van der Waals surface area contributed by atoms with E-state index in [1.165, 1.54) is 0 Å². The molecule has 0 aromatic carbocycles. The van der Waals surface area contributed by atoms with Crippen LogP contribution in [0.15, 0.2) is 0 Å². The third-order valence-corrected chi connectivity index (χ3v) is 3.54. The molecule has 1 heterocycles. The summed E-state index contributed by atoms with van der Waals surface area (Å²) >= 11 is 4.88. The largest absolute Gasteiger partial charge is 0.393 e. The highest BCUT2D eigenvalue weighted by atomic mass is 32.1. The van der Waals surface area contributed by atoms with Gasteiger partial charge in [0.25, 0.3) is 0 Å². The molecule has 1 saturated heterocycles. The molecule has 0 radical (unpaired) electrons. The lowest BCUT2D eigenvalue weighted by molar-refractivity contribution is -0.136. The summed E-state index contributed by atoms with van der Waals surface area (Å²) < 4.78 is 0. The van der Waals surface area contributed by atoms with Gasteiger partial charge in [-0.1, -0.05) is 19.1 Å². The van der Waals surface area contributed by atoms with E-state index in [9.17, 15) is 9.59 Å². The Morgan fingerprint density at radius 3 is 2.24 bits per heavy atom. The molecule has 5 nitrogen and oxygen atoms in total. The van der Waals surface area contributed by atoms with Gasteiger partial charge in [0, 0.05) is 19.0 Å². The van der Waals surface area contributed by atoms with E-state index in [0.29, 0.717) is 32.4 Å². The first-order chi connectivity index (χ1) is 7.97. The van der Waals surface area contributed by atoms with Crippen LogP contribution in [0.4, 0.5) is 0 Å². The molecule has 1 aliphatic rings. The number of hydrogen-bond donors (Lipinski definition) is 2. The molecule has 1 rings (SSSR count). The van der Waals surface area contributed by atoms with Crippen molar-refractivity contribution in [2.24, 2.45) is 23.3 Å². The molecule has 4 N–H and O–H groups in total. The normalized spacial score (nSPS) is 18.8. The second kappa shape index (κ2) is 5.95. The first-order valence-corrected chi connectivity index (χ1v) is 6.25. The van der Waals surface area contributed by atoms with Crippen molar-refractivity contribution < 1.29 is 9.59 Å². The first kappa shape index (κ1) is 13.9. The Balaban J connectivity index is 2.56. The van der Waals surface area contributed by atoms with Crippen LogP contribution in [0, 0.1) is 11.8 Å². The van der Waals surface area contributed by atoms with Crippen LogP contribution >= 0.6 is 12.2 Å². The lowest BCUT2D eigenvalue weighted by Gasteiger charge is -2.32. The van der Waals surface area contributed by atoms with Crippen molar-refractivity contribution >= 4 is 29.0 Å². The molecule has 0 spiro atoms. The van der Waals surface area contributed by atoms with E-state index in [1.807, 2.05) is 6.92 Å². The molecule has 1 unspecified atom stereocenters. The molecule has 6 heteroatoms. The molecule has 96 valence electrons. The summed E-state index contributed by atoms with van der Waals surface area (Å²) in [6.07, 6.45) is 1.88. The summed E-state index contributed by atoms with van der Waals surface area (Å²) in [5, 5.41) is 0. The highest BCUT2D eigenvalue weighted by Gasteiger charge is 2.30. The fourth-order valence-corrected chi connectivity index (χ4v) is 2.37. The molecule has 1 aliphatic heterocycles. The second-order valence-electron chi connectivity index (χ2n) is 4.37. The van der Waals surface area contributed by atoms with Crippen molar-refractivity contribution in [2.45, 2.75) is 26.2 Å². The molecule has 1 atom stereocenters. The Morgan fingerprint density at radius 2 is 1.88 bits per heavy atom. The average molecular weight is 257 g/mol. The van der Waals surface area contributed by atoms with Crippen LogP contribution in [0.2, 0.25) is 0 Å². The topological polar surface area (TPSA) is 89.4 Å². The molecular weight excluding hydrogens is 238 g/mol. The zero-order chi connectivity index (χ0) is 13.0. The summed E-state index contributed by atoms with van der Waals surface area (Å²) in [4.78, 5) is 25.1. The summed E-state index contributed by atoms with van der Waals surface area (Å²) in [7, 11) is 0. The SMILES string of the molecule is CCC(C(=O)N1CCC(C(N)=O)CC1)C(N)=S. The first-order valence-electron chi connectivity index (χ1n) is 5.84. The molecule has 1 fully saturated rings. The van der Waals surface area contributed by atoms with Gasteiger partial charge in [0.2, 0.25) is 11.8 Å². The molecule has 2 amide bonds. The van der Waals surface area contributed by atoms with Crippen molar-refractivity contribution in [3.05, 3.63) is 0 Å². The molecule has 17 heavy (non-hydrogen) atoms. The van der Waals surface area contributed by atoms with Crippen molar-refractivity contribution in [3.63, 3.8) is 0 Å². The summed E-state index contributed by atoms with van der Waals surface area (Å²) in [5.74, 6) is -0.791. The number of nitrogens with two attached hydrogens (primary N) is 2. The fraction of sp³-hybridized carbons (Fsp3) is 0.727. The van der Waals surface area contributed by atoms with E-state index in [2.05, 4.69) is 0 Å². The molecule has 0 aliphatic carbocycles. The Morgan fingerprint density at radius 1 is 1.35 bits per heavy atom. The van der Waals surface area contributed by atoms with Gasteiger partial charge in [-0.25, -0.2) is 0 Å². The lowest BCUT2D eigenvalue weighted by Crippen LogP contribution is -2.46. The number of likely N-dealkylation sites (tertiary alicyclic amines) is 1. The van der Waals surface area contributed by atoms with Crippen LogP contribution in [0.5, 0.6) is 0 Å². The number of amides is 2. The predicted octanol–water partition coefficient (Wildman–Crippen LogP) is 0.0226. The van der Waals surface area contributed by atoms with Gasteiger partial charge >= 0.3 is 0 Å². The summed E-state index contributed by atoms with van der Waals surface area (Å²) in [6, 6.07) is 0. The average Bonchev–Trinajstić information content (AvgIpc) is 2.29. The third kappa shape index (κ3) is 3.39. The number of carbonyl (C=O) groups excluding carboxylic acids is 2. The van der Waals surface area contributed by atoms with Crippen LogP contribution in [0.1, 0.15) is 26.2 Å². The summed E-state index contributed by atoms with van der Waals surface area (Å²) in [6.45, 7) is 3.01. The number of primary amides is 1. The van der Waals surface area contributed by atoms with Gasteiger partial charge in [-0.05, 0) is 19.3 Å². The second-order valence-corrected chi connectivity index (χ2v) is 4.84. The van der Waals surface area contributed by atoms with Crippen molar-refractivity contribution in [3.8, 4) is 0 Å². The van der Waals surface area contributed by atoms with Gasteiger partial charge in [-0.15, -0.1) is 0 Å². The van der Waals surface area contributed by atoms with Gasteiger partial charge < -0.3 is 16.4 Å². The maximum absolute atomic E-state index is 12.1. The number of rotatable bonds is 4. The van der Waals surface area contributed by atoms with E-state index < -0.39 is 0 Å². The van der Waals surface area contributed by atoms with Crippen LogP contribution < -0.4 is 11.5 Å². The Hall–Kier alpha value is -1.17. The lowest BCUT2D eigenvalue weighted by atomic mass is 9.94. The molecule has 0 saturated carbocycles. The van der Waals surface area contributed by atoms with Gasteiger partial charge in [0.05, 0.1) is 10.9 Å². The highest BCUT2D eigenvalue weighted by molar-refractivity contribution is 7.80. The number of piperidine rings is 1.